The summed E-state index contributed by atoms with van der Waals surface area (Å²) in [6.45, 7) is 1.66. The van der Waals surface area contributed by atoms with Gasteiger partial charge in [0.1, 0.15) is 17.7 Å². The summed E-state index contributed by atoms with van der Waals surface area (Å²) in [5, 5.41) is 18.7. The standard InChI is InChI=1S/C10H12F2O2/c1-2-9(13)10(14)7-4-3-6(11)5-8(7)12/h3-5,9-10,13-14H,2H2,1H3. The van der Waals surface area contributed by atoms with Crippen LogP contribution in [0.15, 0.2) is 18.2 Å². The van der Waals surface area contributed by atoms with E-state index in [0.717, 1.165) is 12.1 Å². The second-order valence-electron chi connectivity index (χ2n) is 3.09. The van der Waals surface area contributed by atoms with Crippen LogP contribution in [0.5, 0.6) is 0 Å². The van der Waals surface area contributed by atoms with Crippen LogP contribution in [-0.4, -0.2) is 16.3 Å². The predicted molar refractivity (Wildman–Crippen MR) is 47.6 cm³/mol. The van der Waals surface area contributed by atoms with Crippen LogP contribution < -0.4 is 0 Å². The van der Waals surface area contributed by atoms with Gasteiger partial charge in [-0.15, -0.1) is 0 Å². The van der Waals surface area contributed by atoms with Gasteiger partial charge in [-0.2, -0.15) is 0 Å². The molecule has 0 saturated heterocycles. The van der Waals surface area contributed by atoms with Crippen molar-refractivity contribution >= 4 is 0 Å². The Morgan fingerprint density at radius 3 is 2.43 bits per heavy atom. The smallest absolute Gasteiger partial charge is 0.132 e. The van der Waals surface area contributed by atoms with Crippen LogP contribution >= 0.6 is 0 Å². The Morgan fingerprint density at radius 1 is 1.29 bits per heavy atom. The van der Waals surface area contributed by atoms with Gasteiger partial charge in [0.25, 0.3) is 0 Å². The van der Waals surface area contributed by atoms with Crippen molar-refractivity contribution in [2.75, 3.05) is 0 Å². The molecule has 0 saturated carbocycles. The largest absolute Gasteiger partial charge is 0.390 e. The maximum absolute atomic E-state index is 13.1. The third kappa shape index (κ3) is 2.27. The van der Waals surface area contributed by atoms with Gasteiger partial charge in [-0.25, -0.2) is 8.78 Å². The topological polar surface area (TPSA) is 40.5 Å². The molecule has 0 aliphatic carbocycles. The van der Waals surface area contributed by atoms with Crippen LogP contribution in [0.3, 0.4) is 0 Å². The molecule has 2 N–H and O–H groups in total. The molecular weight excluding hydrogens is 190 g/mol. The van der Waals surface area contributed by atoms with Crippen molar-refractivity contribution in [2.45, 2.75) is 25.6 Å². The summed E-state index contributed by atoms with van der Waals surface area (Å²) in [6.07, 6.45) is -2.03. The molecule has 0 bridgehead atoms. The van der Waals surface area contributed by atoms with Gasteiger partial charge in [0.05, 0.1) is 6.10 Å². The van der Waals surface area contributed by atoms with Crippen molar-refractivity contribution in [1.29, 1.82) is 0 Å². The first kappa shape index (κ1) is 11.1. The van der Waals surface area contributed by atoms with Crippen LogP contribution in [0.25, 0.3) is 0 Å². The lowest BCUT2D eigenvalue weighted by atomic mass is 10.0. The highest BCUT2D eigenvalue weighted by Gasteiger charge is 2.19. The number of aliphatic hydroxyl groups is 2. The number of rotatable bonds is 3. The van der Waals surface area contributed by atoms with Crippen molar-refractivity contribution in [1.82, 2.24) is 0 Å². The Bertz CT molecular complexity index is 315. The van der Waals surface area contributed by atoms with Gasteiger partial charge in [-0.3, -0.25) is 0 Å². The number of benzene rings is 1. The lowest BCUT2D eigenvalue weighted by molar-refractivity contribution is 0.0143. The quantitative estimate of drug-likeness (QED) is 0.784. The molecule has 0 heterocycles. The van der Waals surface area contributed by atoms with Crippen molar-refractivity contribution in [3.63, 3.8) is 0 Å². The van der Waals surface area contributed by atoms with E-state index in [1.807, 2.05) is 0 Å². The molecule has 2 unspecified atom stereocenters. The van der Waals surface area contributed by atoms with Crippen LogP contribution in [-0.2, 0) is 0 Å². The second kappa shape index (κ2) is 4.48. The summed E-state index contributed by atoms with van der Waals surface area (Å²) in [7, 11) is 0. The zero-order valence-corrected chi connectivity index (χ0v) is 7.74. The molecule has 1 rings (SSSR count). The van der Waals surface area contributed by atoms with Gasteiger partial charge in [0.15, 0.2) is 0 Å². The van der Waals surface area contributed by atoms with Gasteiger partial charge in [-0.05, 0) is 12.5 Å². The summed E-state index contributed by atoms with van der Waals surface area (Å²) in [6, 6.07) is 2.86. The van der Waals surface area contributed by atoms with E-state index in [9.17, 15) is 19.0 Å². The van der Waals surface area contributed by atoms with E-state index in [2.05, 4.69) is 0 Å². The minimum atomic E-state index is -1.31. The van der Waals surface area contributed by atoms with Crippen molar-refractivity contribution in [2.24, 2.45) is 0 Å². The van der Waals surface area contributed by atoms with Gasteiger partial charge < -0.3 is 10.2 Å². The minimum absolute atomic E-state index is 0.0826. The maximum atomic E-state index is 13.1. The molecule has 14 heavy (non-hydrogen) atoms. The highest BCUT2D eigenvalue weighted by molar-refractivity contribution is 5.21. The summed E-state index contributed by atoms with van der Waals surface area (Å²) in [4.78, 5) is 0. The SMILES string of the molecule is CCC(O)C(O)c1ccc(F)cc1F. The van der Waals surface area contributed by atoms with Crippen molar-refractivity contribution in [3.8, 4) is 0 Å². The maximum Gasteiger partial charge on any atom is 0.132 e. The second-order valence-corrected chi connectivity index (χ2v) is 3.09. The van der Waals surface area contributed by atoms with Gasteiger partial charge >= 0.3 is 0 Å². The number of halogens is 2. The Kier molecular flexibility index (Phi) is 3.55. The van der Waals surface area contributed by atoms with E-state index in [-0.39, 0.29) is 5.56 Å². The highest BCUT2D eigenvalue weighted by Crippen LogP contribution is 2.22. The minimum Gasteiger partial charge on any atom is -0.390 e. The third-order valence-electron chi connectivity index (χ3n) is 2.06. The fraction of sp³-hybridized carbons (Fsp3) is 0.400. The van der Waals surface area contributed by atoms with Gasteiger partial charge in [0, 0.05) is 11.6 Å². The number of hydrogen-bond donors (Lipinski definition) is 2. The van der Waals surface area contributed by atoms with Crippen molar-refractivity contribution in [3.05, 3.63) is 35.4 Å². The Hall–Kier alpha value is -1.00. The van der Waals surface area contributed by atoms with E-state index in [1.54, 1.807) is 6.92 Å². The number of hydrogen-bond acceptors (Lipinski definition) is 2. The fourth-order valence-corrected chi connectivity index (χ4v) is 1.17. The van der Waals surface area contributed by atoms with Gasteiger partial charge in [-0.1, -0.05) is 13.0 Å². The first-order valence-corrected chi connectivity index (χ1v) is 4.37. The summed E-state index contributed by atoms with van der Waals surface area (Å²) >= 11 is 0. The molecule has 4 heteroatoms. The van der Waals surface area contributed by atoms with E-state index in [1.165, 1.54) is 0 Å². The molecule has 78 valence electrons. The first-order valence-electron chi connectivity index (χ1n) is 4.37. The third-order valence-corrected chi connectivity index (χ3v) is 2.06. The average Bonchev–Trinajstić information content (AvgIpc) is 2.15. The first-order chi connectivity index (χ1) is 6.56. The lowest BCUT2D eigenvalue weighted by Gasteiger charge is -2.16. The normalized spacial score (nSPS) is 15.2. The fourth-order valence-electron chi connectivity index (χ4n) is 1.17. The summed E-state index contributed by atoms with van der Waals surface area (Å²) < 4.78 is 25.6. The molecule has 1 aromatic rings. The molecule has 2 nitrogen and oxygen atoms in total. The molecular formula is C10H12F2O2. The summed E-state index contributed by atoms with van der Waals surface area (Å²) in [5.74, 6) is -1.55. The molecule has 0 aliphatic rings. The molecule has 0 spiro atoms. The highest BCUT2D eigenvalue weighted by atomic mass is 19.1. The molecule has 0 aromatic heterocycles. The average molecular weight is 202 g/mol. The Morgan fingerprint density at radius 2 is 1.93 bits per heavy atom. The molecule has 0 radical (unpaired) electrons. The predicted octanol–water partition coefficient (Wildman–Crippen LogP) is 1.77. The van der Waals surface area contributed by atoms with E-state index < -0.39 is 23.8 Å². The van der Waals surface area contributed by atoms with E-state index >= 15 is 0 Å². The molecule has 1 aromatic carbocycles. The van der Waals surface area contributed by atoms with Gasteiger partial charge in [0.2, 0.25) is 0 Å². The van der Waals surface area contributed by atoms with Crippen LogP contribution in [0.1, 0.15) is 25.0 Å². The summed E-state index contributed by atoms with van der Waals surface area (Å²) in [5.41, 5.74) is -0.0826. The van der Waals surface area contributed by atoms with E-state index in [0.29, 0.717) is 12.5 Å². The lowest BCUT2D eigenvalue weighted by Crippen LogP contribution is -2.18. The molecule has 2 atom stereocenters. The zero-order valence-electron chi connectivity index (χ0n) is 7.74. The molecule has 0 aliphatic heterocycles. The van der Waals surface area contributed by atoms with Crippen LogP contribution in [0, 0.1) is 11.6 Å². The van der Waals surface area contributed by atoms with Crippen molar-refractivity contribution < 1.29 is 19.0 Å². The van der Waals surface area contributed by atoms with E-state index in [4.69, 9.17) is 0 Å². The molecule has 0 amide bonds. The number of aliphatic hydroxyl groups excluding tert-OH is 2. The zero-order chi connectivity index (χ0) is 10.7. The monoisotopic (exact) mass is 202 g/mol. The Balaban J connectivity index is 2.95. The Labute approximate surface area is 80.8 Å². The van der Waals surface area contributed by atoms with Crippen LogP contribution in [0.4, 0.5) is 8.78 Å². The molecule has 0 fully saturated rings. The van der Waals surface area contributed by atoms with Crippen LogP contribution in [0.2, 0.25) is 0 Å².